The van der Waals surface area contributed by atoms with Crippen molar-refractivity contribution in [2.75, 3.05) is 39.3 Å². The van der Waals surface area contributed by atoms with Gasteiger partial charge in [0.2, 0.25) is 5.82 Å². The number of likely N-dealkylation sites (N-methyl/N-ethyl adjacent to an activating group) is 1. The topological polar surface area (TPSA) is 82.7 Å². The van der Waals surface area contributed by atoms with Crippen LogP contribution in [0.2, 0.25) is 0 Å². The van der Waals surface area contributed by atoms with E-state index < -0.39 is 0 Å². The van der Waals surface area contributed by atoms with Gasteiger partial charge < -0.3 is 23.6 Å². The zero-order valence-electron chi connectivity index (χ0n) is 16.8. The zero-order valence-corrected chi connectivity index (χ0v) is 16.8. The molecular formula is C21H24N4O4. The number of nitrogens with zero attached hydrogens (tertiary/aromatic N) is 4. The molecule has 1 atom stereocenters. The Kier molecular flexibility index (Phi) is 5.62. The van der Waals surface area contributed by atoms with Gasteiger partial charge in [0.05, 0.1) is 31.5 Å². The number of para-hydroxylation sites is 1. The molecule has 0 unspecified atom stereocenters. The number of benzene rings is 1. The van der Waals surface area contributed by atoms with E-state index in [4.69, 9.17) is 18.7 Å². The smallest absolute Gasteiger partial charge is 0.259 e. The van der Waals surface area contributed by atoms with Crippen LogP contribution in [0.5, 0.6) is 11.5 Å². The maximum Gasteiger partial charge on any atom is 0.259 e. The van der Waals surface area contributed by atoms with E-state index in [9.17, 15) is 0 Å². The van der Waals surface area contributed by atoms with E-state index in [2.05, 4.69) is 20.0 Å². The number of pyridine rings is 1. The molecule has 1 fully saturated rings. The van der Waals surface area contributed by atoms with Crippen LogP contribution in [0, 0.1) is 0 Å². The molecule has 3 heterocycles. The van der Waals surface area contributed by atoms with Crippen molar-refractivity contribution in [3.63, 3.8) is 0 Å². The summed E-state index contributed by atoms with van der Waals surface area (Å²) in [5, 5.41) is 4.10. The molecule has 0 aliphatic carbocycles. The highest BCUT2D eigenvalue weighted by molar-refractivity contribution is 5.69. The Morgan fingerprint density at radius 1 is 1.17 bits per heavy atom. The Morgan fingerprint density at radius 2 is 2.07 bits per heavy atom. The summed E-state index contributed by atoms with van der Waals surface area (Å²) in [6, 6.07) is 9.40. The van der Waals surface area contributed by atoms with Crippen molar-refractivity contribution in [3.8, 4) is 34.3 Å². The fourth-order valence-electron chi connectivity index (χ4n) is 3.44. The summed E-state index contributed by atoms with van der Waals surface area (Å²) >= 11 is 0. The molecule has 0 amide bonds. The molecule has 1 aliphatic heterocycles. The van der Waals surface area contributed by atoms with Crippen molar-refractivity contribution < 1.29 is 18.7 Å². The van der Waals surface area contributed by atoms with Crippen LogP contribution in [0.15, 0.2) is 41.1 Å². The third kappa shape index (κ3) is 4.02. The minimum atomic E-state index is 0.276. The highest BCUT2D eigenvalue weighted by atomic mass is 16.5. The lowest BCUT2D eigenvalue weighted by Gasteiger charge is -2.21. The molecule has 8 nitrogen and oxygen atoms in total. The van der Waals surface area contributed by atoms with Gasteiger partial charge in [-0.1, -0.05) is 11.2 Å². The van der Waals surface area contributed by atoms with Gasteiger partial charge in [-0.05, 0) is 37.1 Å². The maximum absolute atomic E-state index is 5.70. The summed E-state index contributed by atoms with van der Waals surface area (Å²) in [6.07, 6.45) is 4.24. The number of rotatable bonds is 7. The summed E-state index contributed by atoms with van der Waals surface area (Å²) in [5.74, 6) is 2.86. The number of ether oxygens (including phenoxy) is 3. The van der Waals surface area contributed by atoms with Crippen LogP contribution < -0.4 is 14.4 Å². The molecule has 152 valence electrons. The van der Waals surface area contributed by atoms with Gasteiger partial charge in [0.25, 0.3) is 5.89 Å². The Bertz CT molecular complexity index is 952. The zero-order chi connectivity index (χ0) is 20.2. The van der Waals surface area contributed by atoms with Gasteiger partial charge in [0.1, 0.15) is 5.82 Å². The average molecular weight is 396 g/mol. The fourth-order valence-corrected chi connectivity index (χ4v) is 3.44. The third-order valence-corrected chi connectivity index (χ3v) is 4.96. The predicted octanol–water partition coefficient (Wildman–Crippen LogP) is 3.43. The summed E-state index contributed by atoms with van der Waals surface area (Å²) in [6.45, 7) is 1.68. The molecule has 1 saturated heterocycles. The number of methoxy groups -OCH3 is 2. The van der Waals surface area contributed by atoms with E-state index >= 15 is 0 Å². The predicted molar refractivity (Wildman–Crippen MR) is 108 cm³/mol. The Balaban J connectivity index is 1.52. The van der Waals surface area contributed by atoms with Crippen molar-refractivity contribution in [3.05, 3.63) is 36.5 Å². The molecule has 0 radical (unpaired) electrons. The first-order chi connectivity index (χ1) is 14.2. The van der Waals surface area contributed by atoms with Gasteiger partial charge in [-0.2, -0.15) is 4.98 Å². The lowest BCUT2D eigenvalue weighted by Crippen LogP contribution is -2.29. The molecule has 0 bridgehead atoms. The molecule has 1 aromatic carbocycles. The van der Waals surface area contributed by atoms with Crippen molar-refractivity contribution >= 4 is 5.82 Å². The van der Waals surface area contributed by atoms with E-state index in [-0.39, 0.29) is 6.10 Å². The number of aromatic nitrogens is 3. The Labute approximate surface area is 169 Å². The molecule has 4 rings (SSSR count). The second-order valence-electron chi connectivity index (χ2n) is 6.88. The van der Waals surface area contributed by atoms with Crippen LogP contribution in [0.1, 0.15) is 12.8 Å². The normalized spacial score (nSPS) is 16.0. The largest absolute Gasteiger partial charge is 0.493 e. The lowest BCUT2D eigenvalue weighted by atomic mass is 10.1. The quantitative estimate of drug-likeness (QED) is 0.601. The number of hydrogen-bond acceptors (Lipinski definition) is 8. The maximum atomic E-state index is 5.70. The summed E-state index contributed by atoms with van der Waals surface area (Å²) in [4.78, 5) is 11.1. The van der Waals surface area contributed by atoms with Gasteiger partial charge >= 0.3 is 0 Å². The molecule has 0 saturated carbocycles. The summed E-state index contributed by atoms with van der Waals surface area (Å²) < 4.78 is 21.9. The molecular weight excluding hydrogens is 372 g/mol. The molecule has 2 aromatic heterocycles. The van der Waals surface area contributed by atoms with Gasteiger partial charge in [0, 0.05) is 26.4 Å². The molecule has 3 aromatic rings. The molecule has 8 heteroatoms. The van der Waals surface area contributed by atoms with Crippen LogP contribution >= 0.6 is 0 Å². The average Bonchev–Trinajstić information content (AvgIpc) is 3.45. The number of hydrogen-bond donors (Lipinski definition) is 0. The first kappa shape index (κ1) is 19.2. The van der Waals surface area contributed by atoms with Crippen LogP contribution in [-0.2, 0) is 4.74 Å². The van der Waals surface area contributed by atoms with E-state index in [0.717, 1.165) is 37.4 Å². The summed E-state index contributed by atoms with van der Waals surface area (Å²) in [7, 11) is 5.19. The van der Waals surface area contributed by atoms with Crippen LogP contribution in [0.3, 0.4) is 0 Å². The van der Waals surface area contributed by atoms with Crippen LogP contribution in [0.25, 0.3) is 22.8 Å². The second kappa shape index (κ2) is 8.48. The standard InChI is InChI=1S/C21H24N4O4/c1-25(13-15-6-5-11-28-15)18-10-9-14(12-22-18)21-23-20(24-29-21)16-7-4-8-17(26-2)19(16)27-3/h4,7-10,12,15H,5-6,11,13H2,1-3H3/t15-/m1/s1. The molecule has 0 N–H and O–H groups in total. The molecule has 1 aliphatic rings. The minimum Gasteiger partial charge on any atom is -0.493 e. The van der Waals surface area contributed by atoms with Gasteiger partial charge in [-0.15, -0.1) is 0 Å². The monoisotopic (exact) mass is 396 g/mol. The van der Waals surface area contributed by atoms with Gasteiger partial charge in [-0.25, -0.2) is 4.98 Å². The van der Waals surface area contributed by atoms with Gasteiger partial charge in [0.15, 0.2) is 11.5 Å². The Morgan fingerprint density at radius 3 is 2.76 bits per heavy atom. The van der Waals surface area contributed by atoms with Crippen molar-refractivity contribution in [1.82, 2.24) is 15.1 Å². The first-order valence-corrected chi connectivity index (χ1v) is 9.54. The second-order valence-corrected chi connectivity index (χ2v) is 6.88. The van der Waals surface area contributed by atoms with Crippen LogP contribution in [-0.4, -0.2) is 55.6 Å². The SMILES string of the molecule is COc1cccc(-c2noc(-c3ccc(N(C)C[C@H]4CCCO4)nc3)n2)c1OC. The van der Waals surface area contributed by atoms with E-state index in [1.807, 2.05) is 37.4 Å². The minimum absolute atomic E-state index is 0.276. The first-order valence-electron chi connectivity index (χ1n) is 9.54. The van der Waals surface area contributed by atoms with Crippen molar-refractivity contribution in [1.29, 1.82) is 0 Å². The lowest BCUT2D eigenvalue weighted by molar-refractivity contribution is 0.116. The van der Waals surface area contributed by atoms with E-state index in [1.54, 1.807) is 20.4 Å². The van der Waals surface area contributed by atoms with E-state index in [1.165, 1.54) is 0 Å². The highest BCUT2D eigenvalue weighted by Crippen LogP contribution is 2.37. The fraction of sp³-hybridized carbons (Fsp3) is 0.381. The van der Waals surface area contributed by atoms with Crippen molar-refractivity contribution in [2.45, 2.75) is 18.9 Å². The molecule has 0 spiro atoms. The highest BCUT2D eigenvalue weighted by Gasteiger charge is 2.20. The summed E-state index contributed by atoms with van der Waals surface area (Å²) in [5.41, 5.74) is 1.45. The van der Waals surface area contributed by atoms with Crippen molar-refractivity contribution in [2.24, 2.45) is 0 Å². The van der Waals surface area contributed by atoms with E-state index in [0.29, 0.717) is 28.8 Å². The number of anilines is 1. The van der Waals surface area contributed by atoms with Gasteiger partial charge in [-0.3, -0.25) is 0 Å². The van der Waals surface area contributed by atoms with Crippen LogP contribution in [0.4, 0.5) is 5.82 Å². The third-order valence-electron chi connectivity index (χ3n) is 4.96. The molecule has 29 heavy (non-hydrogen) atoms. The Hall–Kier alpha value is -3.13.